The van der Waals surface area contributed by atoms with Crippen molar-refractivity contribution >= 4 is 11.5 Å². The molecule has 0 radical (unpaired) electrons. The molecule has 0 aliphatic heterocycles. The standard InChI is InChI=1S/C7H10N6O/c1-12(2)11-5-3-6-9-10-7(14)13(6)4-8-5/h3-4,11H,1-2H3,(H,10,14). The maximum Gasteiger partial charge on any atom is 0.348 e. The predicted octanol–water partition coefficient (Wildman–Crippen LogP) is -0.694. The van der Waals surface area contributed by atoms with Gasteiger partial charge in [0.2, 0.25) is 0 Å². The number of nitrogens with one attached hydrogen (secondary N) is 2. The van der Waals surface area contributed by atoms with Gasteiger partial charge in [0.05, 0.1) is 0 Å². The molecule has 0 aromatic carbocycles. The van der Waals surface area contributed by atoms with Crippen LogP contribution in [0.3, 0.4) is 0 Å². The molecule has 14 heavy (non-hydrogen) atoms. The third-order valence-electron chi connectivity index (χ3n) is 1.65. The summed E-state index contributed by atoms with van der Waals surface area (Å²) in [7, 11) is 3.70. The van der Waals surface area contributed by atoms with E-state index >= 15 is 0 Å². The molecule has 2 aromatic rings. The van der Waals surface area contributed by atoms with Gasteiger partial charge in [-0.2, -0.15) is 5.10 Å². The lowest BCUT2D eigenvalue weighted by Gasteiger charge is -2.11. The maximum atomic E-state index is 11.1. The minimum Gasteiger partial charge on any atom is -0.303 e. The van der Waals surface area contributed by atoms with E-state index in [0.717, 1.165) is 0 Å². The van der Waals surface area contributed by atoms with Crippen LogP contribution in [0.2, 0.25) is 0 Å². The van der Waals surface area contributed by atoms with Crippen LogP contribution in [0.1, 0.15) is 0 Å². The molecule has 2 rings (SSSR count). The van der Waals surface area contributed by atoms with Crippen LogP contribution in [0.15, 0.2) is 17.2 Å². The monoisotopic (exact) mass is 194 g/mol. The number of H-pyrrole nitrogens is 1. The van der Waals surface area contributed by atoms with E-state index in [0.29, 0.717) is 11.5 Å². The Morgan fingerprint density at radius 3 is 3.07 bits per heavy atom. The molecule has 0 aliphatic rings. The Morgan fingerprint density at radius 1 is 1.57 bits per heavy atom. The van der Waals surface area contributed by atoms with Crippen molar-refractivity contribution in [3.63, 3.8) is 0 Å². The van der Waals surface area contributed by atoms with Crippen LogP contribution >= 0.6 is 0 Å². The van der Waals surface area contributed by atoms with E-state index in [4.69, 9.17) is 0 Å². The van der Waals surface area contributed by atoms with Crippen molar-refractivity contribution < 1.29 is 0 Å². The number of fused-ring (bicyclic) bond motifs is 1. The van der Waals surface area contributed by atoms with E-state index in [2.05, 4.69) is 20.6 Å². The van der Waals surface area contributed by atoms with E-state index in [1.807, 2.05) is 14.1 Å². The Kier molecular flexibility index (Phi) is 1.93. The van der Waals surface area contributed by atoms with Gasteiger partial charge in [-0.15, -0.1) is 0 Å². The molecule has 0 saturated heterocycles. The summed E-state index contributed by atoms with van der Waals surface area (Å²) in [6, 6.07) is 1.68. The third-order valence-corrected chi connectivity index (χ3v) is 1.65. The van der Waals surface area contributed by atoms with E-state index in [1.165, 1.54) is 10.7 Å². The highest BCUT2D eigenvalue weighted by Crippen LogP contribution is 2.03. The molecule has 74 valence electrons. The predicted molar refractivity (Wildman–Crippen MR) is 50.9 cm³/mol. The zero-order valence-electron chi connectivity index (χ0n) is 7.85. The summed E-state index contributed by atoms with van der Waals surface area (Å²) < 4.78 is 1.33. The fourth-order valence-electron chi connectivity index (χ4n) is 1.10. The van der Waals surface area contributed by atoms with Crippen LogP contribution in [0.4, 0.5) is 5.82 Å². The van der Waals surface area contributed by atoms with Gasteiger partial charge in [0.1, 0.15) is 12.1 Å². The van der Waals surface area contributed by atoms with Crippen LogP contribution in [0, 0.1) is 0 Å². The normalized spacial score (nSPS) is 11.1. The number of rotatable bonds is 2. The average Bonchev–Trinajstić information content (AvgIpc) is 2.46. The fraction of sp³-hybridized carbons (Fsp3) is 0.286. The first-order valence-electron chi connectivity index (χ1n) is 4.03. The van der Waals surface area contributed by atoms with E-state index in [1.54, 1.807) is 11.1 Å². The van der Waals surface area contributed by atoms with Gasteiger partial charge in [0.15, 0.2) is 5.65 Å². The van der Waals surface area contributed by atoms with Crippen molar-refractivity contribution in [3.05, 3.63) is 22.9 Å². The topological polar surface area (TPSA) is 78.3 Å². The first-order chi connectivity index (χ1) is 6.66. The van der Waals surface area contributed by atoms with Gasteiger partial charge in [-0.25, -0.2) is 24.3 Å². The van der Waals surface area contributed by atoms with Crippen molar-refractivity contribution in [2.45, 2.75) is 0 Å². The molecule has 0 fully saturated rings. The van der Waals surface area contributed by atoms with Gasteiger partial charge in [-0.05, 0) is 0 Å². The minimum atomic E-state index is -0.288. The summed E-state index contributed by atoms with van der Waals surface area (Å²) in [5, 5.41) is 7.90. The lowest BCUT2D eigenvalue weighted by Crippen LogP contribution is -2.20. The Balaban J connectivity index is 2.47. The van der Waals surface area contributed by atoms with E-state index in [9.17, 15) is 4.79 Å². The van der Waals surface area contributed by atoms with Crippen LogP contribution < -0.4 is 11.1 Å². The number of anilines is 1. The van der Waals surface area contributed by atoms with Gasteiger partial charge in [0.25, 0.3) is 0 Å². The molecule has 0 atom stereocenters. The molecule has 2 N–H and O–H groups in total. The molecule has 0 aliphatic carbocycles. The van der Waals surface area contributed by atoms with Crippen LogP contribution in [0.25, 0.3) is 5.65 Å². The van der Waals surface area contributed by atoms with Crippen molar-refractivity contribution in [2.75, 3.05) is 19.5 Å². The number of nitrogens with zero attached hydrogens (tertiary/aromatic N) is 4. The molecule has 0 bridgehead atoms. The van der Waals surface area contributed by atoms with Crippen molar-refractivity contribution in [1.82, 2.24) is 24.6 Å². The number of hydrogen-bond acceptors (Lipinski definition) is 5. The second kappa shape index (κ2) is 3.11. The summed E-state index contributed by atoms with van der Waals surface area (Å²) in [4.78, 5) is 15.1. The average molecular weight is 194 g/mol. The smallest absolute Gasteiger partial charge is 0.303 e. The Morgan fingerprint density at radius 2 is 2.36 bits per heavy atom. The van der Waals surface area contributed by atoms with Crippen molar-refractivity contribution in [3.8, 4) is 0 Å². The molecule has 7 heteroatoms. The number of aromatic amines is 1. The summed E-state index contributed by atoms with van der Waals surface area (Å²) in [6.07, 6.45) is 1.42. The van der Waals surface area contributed by atoms with Gasteiger partial charge < -0.3 is 5.43 Å². The number of hydrazine groups is 1. The van der Waals surface area contributed by atoms with Crippen LogP contribution in [0.5, 0.6) is 0 Å². The molecule has 2 aromatic heterocycles. The molecular formula is C7H10N6O. The van der Waals surface area contributed by atoms with Crippen molar-refractivity contribution in [2.24, 2.45) is 0 Å². The zero-order valence-corrected chi connectivity index (χ0v) is 7.85. The van der Waals surface area contributed by atoms with Gasteiger partial charge in [-0.1, -0.05) is 0 Å². The summed E-state index contributed by atoms with van der Waals surface area (Å²) in [6.45, 7) is 0. The van der Waals surface area contributed by atoms with Crippen molar-refractivity contribution in [1.29, 1.82) is 0 Å². The largest absolute Gasteiger partial charge is 0.348 e. The molecule has 2 heterocycles. The molecule has 0 amide bonds. The zero-order chi connectivity index (χ0) is 10.1. The first kappa shape index (κ1) is 8.70. The quantitative estimate of drug-likeness (QED) is 0.618. The maximum absolute atomic E-state index is 11.1. The second-order valence-corrected chi connectivity index (χ2v) is 3.04. The summed E-state index contributed by atoms with van der Waals surface area (Å²) >= 11 is 0. The number of hydrogen-bond donors (Lipinski definition) is 2. The Labute approximate surface area is 79.3 Å². The van der Waals surface area contributed by atoms with E-state index < -0.39 is 0 Å². The SMILES string of the molecule is CN(C)Nc1cc2n[nH]c(=O)n2cn1. The van der Waals surface area contributed by atoms with E-state index in [-0.39, 0.29) is 5.69 Å². The van der Waals surface area contributed by atoms with Crippen LogP contribution in [-0.4, -0.2) is 38.7 Å². The Hall–Kier alpha value is -1.89. The summed E-state index contributed by atoms with van der Waals surface area (Å²) in [5.74, 6) is 0.640. The van der Waals surface area contributed by atoms with Crippen LogP contribution in [-0.2, 0) is 0 Å². The first-order valence-corrected chi connectivity index (χ1v) is 4.03. The van der Waals surface area contributed by atoms with Gasteiger partial charge >= 0.3 is 5.69 Å². The molecule has 7 nitrogen and oxygen atoms in total. The lowest BCUT2D eigenvalue weighted by molar-refractivity contribution is 0.492. The second-order valence-electron chi connectivity index (χ2n) is 3.04. The highest BCUT2D eigenvalue weighted by atomic mass is 16.1. The molecule has 0 unspecified atom stereocenters. The van der Waals surface area contributed by atoms with Gasteiger partial charge in [0, 0.05) is 20.2 Å². The number of aromatic nitrogens is 4. The summed E-state index contributed by atoms with van der Waals surface area (Å²) in [5.41, 5.74) is 3.21. The fourth-order valence-corrected chi connectivity index (χ4v) is 1.10. The highest BCUT2D eigenvalue weighted by Gasteiger charge is 2.01. The Bertz CT molecular complexity index is 498. The highest BCUT2D eigenvalue weighted by molar-refractivity contribution is 5.47. The third kappa shape index (κ3) is 1.44. The molecule has 0 saturated carbocycles. The molecule has 0 spiro atoms. The molecular weight excluding hydrogens is 184 g/mol. The lowest BCUT2D eigenvalue weighted by atomic mass is 10.5. The minimum absolute atomic E-state index is 0.288. The van der Waals surface area contributed by atoms with Gasteiger partial charge in [-0.3, -0.25) is 0 Å².